The minimum absolute atomic E-state index is 0.130. The minimum atomic E-state index is -3.40. The molecule has 0 unspecified atom stereocenters. The number of rotatable bonds is 6. The van der Waals surface area contributed by atoms with Gasteiger partial charge in [0.05, 0.1) is 5.69 Å². The third kappa shape index (κ3) is 5.19. The average Bonchev–Trinajstić information content (AvgIpc) is 3.22. The van der Waals surface area contributed by atoms with Crippen molar-refractivity contribution >= 4 is 27.7 Å². The monoisotopic (exact) mass is 431 g/mol. The van der Waals surface area contributed by atoms with Crippen LogP contribution in [0.2, 0.25) is 0 Å². The lowest BCUT2D eigenvalue weighted by molar-refractivity contribution is 0.0780. The lowest BCUT2D eigenvalue weighted by Crippen LogP contribution is -2.55. The first kappa shape index (κ1) is 21.4. The van der Waals surface area contributed by atoms with Gasteiger partial charge in [0.1, 0.15) is 12.0 Å². The molecule has 2 saturated heterocycles. The first-order valence-corrected chi connectivity index (χ1v) is 12.3. The molecule has 1 aromatic rings. The van der Waals surface area contributed by atoms with E-state index in [-0.39, 0.29) is 10.5 Å². The second-order valence-corrected chi connectivity index (χ2v) is 10.3. The molecule has 2 aliphatic heterocycles. The summed E-state index contributed by atoms with van der Waals surface area (Å²) in [7, 11) is -1.63. The summed E-state index contributed by atoms with van der Waals surface area (Å²) in [4.78, 5) is 6.53. The number of sulfonamides is 1. The van der Waals surface area contributed by atoms with Crippen LogP contribution in [0, 0.1) is 0 Å². The van der Waals surface area contributed by atoms with Gasteiger partial charge in [0.15, 0.2) is 5.96 Å². The predicted molar refractivity (Wildman–Crippen MR) is 110 cm³/mol. The van der Waals surface area contributed by atoms with Crippen molar-refractivity contribution in [1.29, 1.82) is 0 Å². The van der Waals surface area contributed by atoms with Crippen LogP contribution in [0.1, 0.15) is 18.5 Å². The van der Waals surface area contributed by atoms with Crippen LogP contribution in [0.25, 0.3) is 0 Å². The number of nitrogens with zero attached hydrogens (tertiary/aromatic N) is 4. The molecule has 0 radical (unpaired) electrons. The number of aliphatic imine (C=N–C) groups is 1. The van der Waals surface area contributed by atoms with Crippen molar-refractivity contribution in [3.8, 4) is 0 Å². The van der Waals surface area contributed by atoms with E-state index < -0.39 is 10.0 Å². The molecule has 0 atom stereocenters. The van der Waals surface area contributed by atoms with Crippen molar-refractivity contribution in [2.24, 2.45) is 4.99 Å². The highest BCUT2D eigenvalue weighted by atomic mass is 32.2. The van der Waals surface area contributed by atoms with E-state index in [2.05, 4.69) is 26.6 Å². The van der Waals surface area contributed by atoms with Crippen molar-refractivity contribution in [2.75, 3.05) is 59.2 Å². The maximum absolute atomic E-state index is 12.6. The molecule has 3 heterocycles. The molecule has 28 heavy (non-hydrogen) atoms. The Morgan fingerprint density at radius 1 is 1.32 bits per heavy atom. The standard InChI is InChI=1S/C17H29N5O4S2/c1-18-16(19-14-17(27-2)4-11-25-12-5-17)21-6-8-22(9-7-21)28(23,24)13-15-3-10-26-20-15/h3,10H,4-9,11-14H2,1-2H3,(H,18,19). The van der Waals surface area contributed by atoms with Crippen LogP contribution in [-0.4, -0.2) is 92.7 Å². The number of hydrogen-bond acceptors (Lipinski definition) is 7. The summed E-state index contributed by atoms with van der Waals surface area (Å²) >= 11 is 1.88. The SMILES string of the molecule is CN=C(NCC1(SC)CCOCC1)N1CCN(S(=O)(=O)Cc2ccon2)CC1. The van der Waals surface area contributed by atoms with Gasteiger partial charge in [-0.1, -0.05) is 5.16 Å². The second kappa shape index (κ2) is 9.47. The van der Waals surface area contributed by atoms with E-state index in [9.17, 15) is 8.42 Å². The Kier molecular flexibility index (Phi) is 7.24. The molecule has 11 heteroatoms. The fourth-order valence-corrected chi connectivity index (χ4v) is 5.75. The van der Waals surface area contributed by atoms with Gasteiger partial charge in [0.25, 0.3) is 0 Å². The zero-order valence-electron chi connectivity index (χ0n) is 16.5. The Balaban J connectivity index is 1.52. The highest BCUT2D eigenvalue weighted by Crippen LogP contribution is 2.33. The van der Waals surface area contributed by atoms with Crippen LogP contribution < -0.4 is 5.32 Å². The number of nitrogens with one attached hydrogen (secondary N) is 1. The maximum atomic E-state index is 12.6. The van der Waals surface area contributed by atoms with Gasteiger partial charge in [0, 0.05) is 63.8 Å². The van der Waals surface area contributed by atoms with Gasteiger partial charge < -0.3 is 19.5 Å². The molecule has 2 fully saturated rings. The van der Waals surface area contributed by atoms with Crippen LogP contribution in [0.4, 0.5) is 0 Å². The molecule has 0 amide bonds. The number of thioether (sulfide) groups is 1. The van der Waals surface area contributed by atoms with Gasteiger partial charge in [0.2, 0.25) is 10.0 Å². The number of hydrogen-bond donors (Lipinski definition) is 1. The molecule has 1 aromatic heterocycles. The normalized spacial score (nSPS) is 21.6. The molecule has 2 aliphatic rings. The van der Waals surface area contributed by atoms with Gasteiger partial charge in [-0.15, -0.1) is 0 Å². The molecule has 0 spiro atoms. The third-order valence-electron chi connectivity index (χ3n) is 5.37. The lowest BCUT2D eigenvalue weighted by atomic mass is 9.99. The first-order chi connectivity index (χ1) is 13.5. The quantitative estimate of drug-likeness (QED) is 0.517. The van der Waals surface area contributed by atoms with Crippen LogP contribution >= 0.6 is 11.8 Å². The summed E-state index contributed by atoms with van der Waals surface area (Å²) in [6.45, 7) is 4.49. The predicted octanol–water partition coefficient (Wildman–Crippen LogP) is 0.610. The lowest BCUT2D eigenvalue weighted by Gasteiger charge is -2.39. The van der Waals surface area contributed by atoms with E-state index in [0.29, 0.717) is 31.9 Å². The van der Waals surface area contributed by atoms with Crippen molar-refractivity contribution in [1.82, 2.24) is 19.7 Å². The second-order valence-electron chi connectivity index (χ2n) is 7.03. The Morgan fingerprint density at radius 2 is 2.04 bits per heavy atom. The molecular formula is C17H29N5O4S2. The van der Waals surface area contributed by atoms with E-state index >= 15 is 0 Å². The summed E-state index contributed by atoms with van der Waals surface area (Å²) < 4.78 is 37.1. The van der Waals surface area contributed by atoms with Gasteiger partial charge >= 0.3 is 0 Å². The highest BCUT2D eigenvalue weighted by molar-refractivity contribution is 8.00. The van der Waals surface area contributed by atoms with E-state index in [1.807, 2.05) is 11.8 Å². The van der Waals surface area contributed by atoms with Gasteiger partial charge in [-0.05, 0) is 19.1 Å². The van der Waals surface area contributed by atoms with E-state index in [4.69, 9.17) is 9.26 Å². The molecule has 0 aromatic carbocycles. The smallest absolute Gasteiger partial charge is 0.220 e. The van der Waals surface area contributed by atoms with Gasteiger partial charge in [-0.3, -0.25) is 4.99 Å². The molecule has 3 rings (SSSR count). The molecule has 0 aliphatic carbocycles. The summed E-state index contributed by atoms with van der Waals surface area (Å²) in [5.74, 6) is 0.697. The van der Waals surface area contributed by atoms with Crippen LogP contribution in [0.3, 0.4) is 0 Å². The molecule has 1 N–H and O–H groups in total. The van der Waals surface area contributed by atoms with Crippen molar-refractivity contribution in [3.63, 3.8) is 0 Å². The molecule has 9 nitrogen and oxygen atoms in total. The van der Waals surface area contributed by atoms with E-state index in [1.54, 1.807) is 13.1 Å². The van der Waals surface area contributed by atoms with Crippen LogP contribution in [0.5, 0.6) is 0 Å². The van der Waals surface area contributed by atoms with Crippen LogP contribution in [-0.2, 0) is 20.5 Å². The Labute approximate surface area is 170 Å². The highest BCUT2D eigenvalue weighted by Gasteiger charge is 2.33. The van der Waals surface area contributed by atoms with Crippen molar-refractivity contribution < 1.29 is 17.7 Å². The Morgan fingerprint density at radius 3 is 2.61 bits per heavy atom. The Bertz CT molecular complexity index is 740. The summed E-state index contributed by atoms with van der Waals surface area (Å²) in [5.41, 5.74) is 0.429. The summed E-state index contributed by atoms with van der Waals surface area (Å²) in [6.07, 6.45) is 5.57. The molecule has 0 bridgehead atoms. The third-order valence-corrected chi connectivity index (χ3v) is 8.60. The minimum Gasteiger partial charge on any atom is -0.381 e. The zero-order valence-corrected chi connectivity index (χ0v) is 18.1. The summed E-state index contributed by atoms with van der Waals surface area (Å²) in [6, 6.07) is 1.58. The first-order valence-electron chi connectivity index (χ1n) is 9.44. The van der Waals surface area contributed by atoms with E-state index in [0.717, 1.165) is 38.6 Å². The number of guanidine groups is 1. The van der Waals surface area contributed by atoms with Gasteiger partial charge in [-0.2, -0.15) is 16.1 Å². The van der Waals surface area contributed by atoms with Crippen LogP contribution in [0.15, 0.2) is 21.8 Å². The fourth-order valence-electron chi connectivity index (χ4n) is 3.54. The van der Waals surface area contributed by atoms with Crippen molar-refractivity contribution in [2.45, 2.75) is 23.3 Å². The molecule has 158 valence electrons. The molecular weight excluding hydrogens is 402 g/mol. The fraction of sp³-hybridized carbons (Fsp3) is 0.765. The topological polar surface area (TPSA) is 100 Å². The number of ether oxygens (including phenoxy) is 1. The number of aromatic nitrogens is 1. The summed E-state index contributed by atoms with van der Waals surface area (Å²) in [5, 5.41) is 7.20. The molecule has 0 saturated carbocycles. The largest absolute Gasteiger partial charge is 0.381 e. The van der Waals surface area contributed by atoms with Crippen molar-refractivity contribution in [3.05, 3.63) is 18.0 Å². The number of piperazine rings is 1. The average molecular weight is 432 g/mol. The zero-order chi connectivity index (χ0) is 20.0. The maximum Gasteiger partial charge on any atom is 0.220 e. The van der Waals surface area contributed by atoms with Gasteiger partial charge in [-0.25, -0.2) is 8.42 Å². The van der Waals surface area contributed by atoms with E-state index in [1.165, 1.54) is 10.6 Å². The Hall–Kier alpha value is -1.30.